The first-order valence-electron chi connectivity index (χ1n) is 6.85. The van der Waals surface area contributed by atoms with Crippen LogP contribution in [0.4, 0.5) is 0 Å². The summed E-state index contributed by atoms with van der Waals surface area (Å²) in [5.41, 5.74) is 0.602. The van der Waals surface area contributed by atoms with Crippen molar-refractivity contribution in [2.24, 2.45) is 0 Å². The van der Waals surface area contributed by atoms with Crippen LogP contribution in [0.2, 0.25) is 0 Å². The predicted molar refractivity (Wildman–Crippen MR) is 84.5 cm³/mol. The molecule has 21 heavy (non-hydrogen) atoms. The van der Waals surface area contributed by atoms with Crippen LogP contribution in [-0.4, -0.2) is 40.5 Å². The van der Waals surface area contributed by atoms with E-state index in [1.54, 1.807) is 12.1 Å². The second-order valence-electron chi connectivity index (χ2n) is 5.27. The Morgan fingerprint density at radius 3 is 2.48 bits per heavy atom. The first-order valence-corrected chi connectivity index (χ1v) is 6.85. The number of aromatic hydroxyl groups is 2. The zero-order chi connectivity index (χ0) is 14.1. The standard InChI is InChI=1S/C16H17NO3.ClH/c18-14-8-11-4-3-5-12(13(11)9-15(14)19)16(20)10-17-6-1-2-7-17;/h3-5,8-9,18-19H,1-2,6-7,10H2;1H. The fourth-order valence-corrected chi connectivity index (χ4v) is 2.77. The minimum Gasteiger partial charge on any atom is -0.504 e. The molecule has 0 saturated carbocycles. The lowest BCUT2D eigenvalue weighted by Gasteiger charge is -2.14. The maximum atomic E-state index is 12.4. The van der Waals surface area contributed by atoms with Gasteiger partial charge in [0.25, 0.3) is 0 Å². The Hall–Kier alpha value is -1.78. The molecular formula is C16H18ClNO3. The number of hydrogen-bond donors (Lipinski definition) is 2. The minimum absolute atomic E-state index is 0. The molecule has 2 aromatic rings. The van der Waals surface area contributed by atoms with Crippen molar-refractivity contribution in [3.05, 3.63) is 35.9 Å². The summed E-state index contributed by atoms with van der Waals surface area (Å²) >= 11 is 0. The van der Waals surface area contributed by atoms with Gasteiger partial charge in [-0.25, -0.2) is 0 Å². The second-order valence-corrected chi connectivity index (χ2v) is 5.27. The number of benzene rings is 2. The van der Waals surface area contributed by atoms with Crippen molar-refractivity contribution in [3.63, 3.8) is 0 Å². The summed E-state index contributed by atoms with van der Waals surface area (Å²) in [4.78, 5) is 14.6. The van der Waals surface area contributed by atoms with E-state index in [0.29, 0.717) is 17.5 Å². The predicted octanol–water partition coefficient (Wildman–Crippen LogP) is 2.95. The van der Waals surface area contributed by atoms with Gasteiger partial charge >= 0.3 is 0 Å². The summed E-state index contributed by atoms with van der Waals surface area (Å²) in [7, 11) is 0. The molecule has 0 aromatic heterocycles. The number of rotatable bonds is 3. The largest absolute Gasteiger partial charge is 0.504 e. The van der Waals surface area contributed by atoms with E-state index in [2.05, 4.69) is 4.90 Å². The van der Waals surface area contributed by atoms with E-state index in [4.69, 9.17) is 0 Å². The van der Waals surface area contributed by atoms with Crippen molar-refractivity contribution in [3.8, 4) is 11.5 Å². The van der Waals surface area contributed by atoms with Gasteiger partial charge in [-0.2, -0.15) is 0 Å². The van der Waals surface area contributed by atoms with Gasteiger partial charge in [-0.05, 0) is 48.8 Å². The third-order valence-corrected chi connectivity index (χ3v) is 3.84. The molecule has 0 unspecified atom stereocenters. The third kappa shape index (κ3) is 3.12. The Kier molecular flexibility index (Phi) is 4.70. The number of phenols is 2. The molecule has 4 nitrogen and oxygen atoms in total. The van der Waals surface area contributed by atoms with Crippen molar-refractivity contribution in [1.82, 2.24) is 4.90 Å². The summed E-state index contributed by atoms with van der Waals surface area (Å²) in [6.07, 6.45) is 2.30. The van der Waals surface area contributed by atoms with Crippen LogP contribution in [0.1, 0.15) is 23.2 Å². The maximum Gasteiger partial charge on any atom is 0.177 e. The normalized spacial score (nSPS) is 15.0. The Bertz CT molecular complexity index is 666. The minimum atomic E-state index is -0.195. The quantitative estimate of drug-likeness (QED) is 0.676. The molecule has 5 heteroatoms. The number of carbonyl (C=O) groups excluding carboxylic acids is 1. The highest BCUT2D eigenvalue weighted by Crippen LogP contribution is 2.32. The molecule has 0 atom stereocenters. The summed E-state index contributed by atoms with van der Waals surface area (Å²) in [5.74, 6) is -0.303. The average Bonchev–Trinajstić information content (AvgIpc) is 2.92. The highest BCUT2D eigenvalue weighted by molar-refractivity contribution is 6.09. The molecule has 0 aliphatic carbocycles. The molecule has 0 spiro atoms. The van der Waals surface area contributed by atoms with Gasteiger partial charge in [-0.1, -0.05) is 18.2 Å². The SMILES string of the molecule is Cl.O=C(CN1CCCC1)c1cccc2cc(O)c(O)cc12. The van der Waals surface area contributed by atoms with Gasteiger partial charge in [-0.15, -0.1) is 12.4 Å². The smallest absolute Gasteiger partial charge is 0.177 e. The molecular weight excluding hydrogens is 290 g/mol. The molecule has 2 aromatic carbocycles. The van der Waals surface area contributed by atoms with Gasteiger partial charge < -0.3 is 10.2 Å². The summed E-state index contributed by atoms with van der Waals surface area (Å²) < 4.78 is 0. The van der Waals surface area contributed by atoms with Crippen LogP contribution in [0, 0.1) is 0 Å². The number of nitrogens with zero attached hydrogens (tertiary/aromatic N) is 1. The monoisotopic (exact) mass is 307 g/mol. The number of likely N-dealkylation sites (tertiary alicyclic amines) is 1. The fourth-order valence-electron chi connectivity index (χ4n) is 2.77. The highest BCUT2D eigenvalue weighted by Gasteiger charge is 2.18. The first-order chi connectivity index (χ1) is 9.65. The van der Waals surface area contributed by atoms with E-state index in [1.165, 1.54) is 12.1 Å². The lowest BCUT2D eigenvalue weighted by Crippen LogP contribution is -2.26. The molecule has 1 aliphatic rings. The van der Waals surface area contributed by atoms with Gasteiger partial charge in [0.1, 0.15) is 0 Å². The van der Waals surface area contributed by atoms with Crippen LogP contribution in [0.25, 0.3) is 10.8 Å². The van der Waals surface area contributed by atoms with Crippen LogP contribution in [-0.2, 0) is 0 Å². The van der Waals surface area contributed by atoms with Crippen molar-refractivity contribution >= 4 is 29.0 Å². The van der Waals surface area contributed by atoms with Gasteiger partial charge in [0.2, 0.25) is 0 Å². The fraction of sp³-hybridized carbons (Fsp3) is 0.312. The van der Waals surface area contributed by atoms with Gasteiger partial charge in [0, 0.05) is 5.56 Å². The zero-order valence-corrected chi connectivity index (χ0v) is 12.4. The number of phenolic OH excluding ortho intramolecular Hbond substituents is 2. The van der Waals surface area contributed by atoms with E-state index in [-0.39, 0.29) is 29.7 Å². The van der Waals surface area contributed by atoms with Crippen molar-refractivity contribution in [1.29, 1.82) is 0 Å². The Morgan fingerprint density at radius 1 is 1.10 bits per heavy atom. The van der Waals surface area contributed by atoms with Crippen LogP contribution in [0.15, 0.2) is 30.3 Å². The number of halogens is 1. The van der Waals surface area contributed by atoms with E-state index < -0.39 is 0 Å². The second kappa shape index (κ2) is 6.33. The van der Waals surface area contributed by atoms with Crippen molar-refractivity contribution in [2.75, 3.05) is 19.6 Å². The van der Waals surface area contributed by atoms with E-state index in [0.717, 1.165) is 31.3 Å². The molecule has 3 rings (SSSR count). The van der Waals surface area contributed by atoms with E-state index >= 15 is 0 Å². The Morgan fingerprint density at radius 2 is 1.76 bits per heavy atom. The number of carbonyl (C=O) groups is 1. The number of Topliss-reactive ketones (excluding diaryl/α,β-unsaturated/α-hetero) is 1. The molecule has 0 radical (unpaired) electrons. The maximum absolute atomic E-state index is 12.4. The number of ketones is 1. The van der Waals surface area contributed by atoms with Gasteiger partial charge in [-0.3, -0.25) is 9.69 Å². The lowest BCUT2D eigenvalue weighted by atomic mass is 10.0. The highest BCUT2D eigenvalue weighted by atomic mass is 35.5. The molecule has 0 bridgehead atoms. The van der Waals surface area contributed by atoms with Crippen LogP contribution in [0.3, 0.4) is 0 Å². The molecule has 1 aliphatic heterocycles. The van der Waals surface area contributed by atoms with E-state index in [1.807, 2.05) is 6.07 Å². The summed E-state index contributed by atoms with van der Waals surface area (Å²) in [5, 5.41) is 20.6. The average molecular weight is 308 g/mol. The lowest BCUT2D eigenvalue weighted by molar-refractivity contribution is 0.0947. The van der Waals surface area contributed by atoms with Gasteiger partial charge in [0.15, 0.2) is 17.3 Å². The first kappa shape index (κ1) is 15.6. The molecule has 0 amide bonds. The molecule has 1 fully saturated rings. The van der Waals surface area contributed by atoms with Gasteiger partial charge in [0.05, 0.1) is 6.54 Å². The number of fused-ring (bicyclic) bond motifs is 1. The van der Waals surface area contributed by atoms with Crippen molar-refractivity contribution in [2.45, 2.75) is 12.8 Å². The Labute approximate surface area is 129 Å². The van der Waals surface area contributed by atoms with Crippen LogP contribution < -0.4 is 0 Å². The third-order valence-electron chi connectivity index (χ3n) is 3.84. The Balaban J connectivity index is 0.00000161. The molecule has 112 valence electrons. The molecule has 1 heterocycles. The van der Waals surface area contributed by atoms with Crippen LogP contribution >= 0.6 is 12.4 Å². The molecule has 2 N–H and O–H groups in total. The topological polar surface area (TPSA) is 60.8 Å². The van der Waals surface area contributed by atoms with E-state index in [9.17, 15) is 15.0 Å². The van der Waals surface area contributed by atoms with Crippen LogP contribution in [0.5, 0.6) is 11.5 Å². The summed E-state index contributed by atoms with van der Waals surface area (Å²) in [6.45, 7) is 2.37. The summed E-state index contributed by atoms with van der Waals surface area (Å²) in [6, 6.07) is 8.34. The number of hydrogen-bond acceptors (Lipinski definition) is 4. The zero-order valence-electron chi connectivity index (χ0n) is 11.6. The molecule has 1 saturated heterocycles. The van der Waals surface area contributed by atoms with Crippen molar-refractivity contribution < 1.29 is 15.0 Å².